The number of para-hydroxylation sites is 1. The zero-order valence-corrected chi connectivity index (χ0v) is 17.3. The standard InChI is InChI=1S/C24H29N3O2/c1-3-4-5-6-7-10-17-29-21-15-13-20(14-16-21)18-25-27-19(2)26-23-12-9-8-11-22(23)24(27)28/h8-9,11-16,18H,3-7,10,17H2,1-2H3. The van der Waals surface area contributed by atoms with Crippen LogP contribution < -0.4 is 10.3 Å². The first-order valence-electron chi connectivity index (χ1n) is 10.4. The summed E-state index contributed by atoms with van der Waals surface area (Å²) in [5.41, 5.74) is 1.42. The van der Waals surface area contributed by atoms with E-state index in [1.807, 2.05) is 42.5 Å². The molecule has 0 aliphatic rings. The minimum Gasteiger partial charge on any atom is -0.494 e. The molecular weight excluding hydrogens is 362 g/mol. The maximum atomic E-state index is 12.6. The van der Waals surface area contributed by atoms with Crippen molar-refractivity contribution in [1.82, 2.24) is 9.66 Å². The van der Waals surface area contributed by atoms with E-state index in [2.05, 4.69) is 17.0 Å². The van der Waals surface area contributed by atoms with Crippen LogP contribution in [0.2, 0.25) is 0 Å². The number of unbranched alkanes of at least 4 members (excludes halogenated alkanes) is 5. The van der Waals surface area contributed by atoms with Crippen molar-refractivity contribution >= 4 is 17.1 Å². The topological polar surface area (TPSA) is 56.5 Å². The highest BCUT2D eigenvalue weighted by atomic mass is 16.5. The van der Waals surface area contributed by atoms with Crippen LogP contribution in [0.3, 0.4) is 0 Å². The van der Waals surface area contributed by atoms with Gasteiger partial charge < -0.3 is 4.74 Å². The highest BCUT2D eigenvalue weighted by Gasteiger charge is 2.06. The molecule has 0 saturated carbocycles. The molecule has 0 bridgehead atoms. The summed E-state index contributed by atoms with van der Waals surface area (Å²) in [5.74, 6) is 1.42. The second kappa shape index (κ2) is 10.6. The van der Waals surface area contributed by atoms with Gasteiger partial charge in [-0.05, 0) is 55.3 Å². The van der Waals surface area contributed by atoms with Gasteiger partial charge in [-0.1, -0.05) is 51.2 Å². The number of aryl methyl sites for hydroxylation is 1. The Kier molecular flexibility index (Phi) is 7.56. The Morgan fingerprint density at radius 2 is 1.72 bits per heavy atom. The van der Waals surface area contributed by atoms with Crippen LogP contribution in [0.4, 0.5) is 0 Å². The molecule has 1 aromatic heterocycles. The van der Waals surface area contributed by atoms with Gasteiger partial charge in [0.15, 0.2) is 0 Å². The summed E-state index contributed by atoms with van der Waals surface area (Å²) in [6.07, 6.45) is 9.18. The molecule has 0 spiro atoms. The second-order valence-electron chi connectivity index (χ2n) is 7.22. The van der Waals surface area contributed by atoms with Gasteiger partial charge >= 0.3 is 0 Å². The maximum absolute atomic E-state index is 12.6. The number of ether oxygens (including phenoxy) is 1. The number of hydrogen-bond acceptors (Lipinski definition) is 4. The zero-order valence-electron chi connectivity index (χ0n) is 17.3. The van der Waals surface area contributed by atoms with Crippen LogP contribution >= 0.6 is 0 Å². The number of benzene rings is 2. The van der Waals surface area contributed by atoms with Gasteiger partial charge in [0, 0.05) is 0 Å². The molecule has 2 aromatic carbocycles. The number of nitrogens with zero attached hydrogens (tertiary/aromatic N) is 3. The minimum atomic E-state index is -0.164. The van der Waals surface area contributed by atoms with Crippen molar-refractivity contribution in [3.05, 3.63) is 70.3 Å². The Balaban J connectivity index is 1.58. The van der Waals surface area contributed by atoms with E-state index in [1.54, 1.807) is 19.2 Å². The van der Waals surface area contributed by atoms with Crippen molar-refractivity contribution in [3.63, 3.8) is 0 Å². The minimum absolute atomic E-state index is 0.164. The van der Waals surface area contributed by atoms with Crippen molar-refractivity contribution in [2.24, 2.45) is 5.10 Å². The van der Waals surface area contributed by atoms with E-state index in [0.717, 1.165) is 24.3 Å². The van der Waals surface area contributed by atoms with Gasteiger partial charge in [-0.25, -0.2) is 4.98 Å². The lowest BCUT2D eigenvalue weighted by Crippen LogP contribution is -2.20. The lowest BCUT2D eigenvalue weighted by atomic mass is 10.1. The third-order valence-electron chi connectivity index (χ3n) is 4.88. The predicted octanol–water partition coefficient (Wildman–Crippen LogP) is 5.33. The van der Waals surface area contributed by atoms with E-state index in [4.69, 9.17) is 4.74 Å². The van der Waals surface area contributed by atoms with Crippen molar-refractivity contribution < 1.29 is 4.74 Å². The number of hydrogen-bond donors (Lipinski definition) is 0. The summed E-state index contributed by atoms with van der Waals surface area (Å²) in [6, 6.07) is 15.1. The van der Waals surface area contributed by atoms with E-state index in [0.29, 0.717) is 16.7 Å². The summed E-state index contributed by atoms with van der Waals surface area (Å²) in [7, 11) is 0. The van der Waals surface area contributed by atoms with Crippen LogP contribution in [0.1, 0.15) is 56.8 Å². The molecule has 1 heterocycles. The smallest absolute Gasteiger partial charge is 0.282 e. The number of aromatic nitrogens is 2. The zero-order chi connectivity index (χ0) is 20.5. The fourth-order valence-electron chi connectivity index (χ4n) is 3.22. The monoisotopic (exact) mass is 391 g/mol. The quantitative estimate of drug-likeness (QED) is 0.347. The van der Waals surface area contributed by atoms with E-state index < -0.39 is 0 Å². The van der Waals surface area contributed by atoms with Crippen molar-refractivity contribution in [1.29, 1.82) is 0 Å². The van der Waals surface area contributed by atoms with E-state index in [9.17, 15) is 4.79 Å². The molecule has 0 radical (unpaired) electrons. The Morgan fingerprint density at radius 1 is 1.00 bits per heavy atom. The Labute approximate surface area is 172 Å². The van der Waals surface area contributed by atoms with E-state index in [-0.39, 0.29) is 5.56 Å². The van der Waals surface area contributed by atoms with Gasteiger partial charge in [-0.2, -0.15) is 9.78 Å². The van der Waals surface area contributed by atoms with Crippen molar-refractivity contribution in [3.8, 4) is 5.75 Å². The Hall–Kier alpha value is -2.95. The fraction of sp³-hybridized carbons (Fsp3) is 0.375. The molecule has 0 amide bonds. The number of fused-ring (bicyclic) bond motifs is 1. The Bertz CT molecular complexity index is 1010. The van der Waals surface area contributed by atoms with Crippen molar-refractivity contribution in [2.75, 3.05) is 6.61 Å². The highest BCUT2D eigenvalue weighted by molar-refractivity contribution is 5.80. The largest absolute Gasteiger partial charge is 0.494 e. The van der Waals surface area contributed by atoms with E-state index in [1.165, 1.54) is 36.8 Å². The normalized spacial score (nSPS) is 11.4. The average molecular weight is 392 g/mol. The third kappa shape index (κ3) is 5.76. The van der Waals surface area contributed by atoms with E-state index >= 15 is 0 Å². The molecule has 5 heteroatoms. The molecular formula is C24H29N3O2. The molecule has 152 valence electrons. The summed E-state index contributed by atoms with van der Waals surface area (Å²) in [4.78, 5) is 17.1. The molecule has 3 rings (SSSR count). The third-order valence-corrected chi connectivity index (χ3v) is 4.88. The molecule has 0 atom stereocenters. The summed E-state index contributed by atoms with van der Waals surface area (Å²) in [6.45, 7) is 4.76. The second-order valence-corrected chi connectivity index (χ2v) is 7.22. The molecule has 3 aromatic rings. The van der Waals surface area contributed by atoms with Crippen LogP contribution in [-0.2, 0) is 0 Å². The fourth-order valence-corrected chi connectivity index (χ4v) is 3.22. The van der Waals surface area contributed by atoms with Crippen LogP contribution in [-0.4, -0.2) is 22.5 Å². The summed E-state index contributed by atoms with van der Waals surface area (Å²) >= 11 is 0. The van der Waals surface area contributed by atoms with Crippen LogP contribution in [0, 0.1) is 6.92 Å². The van der Waals surface area contributed by atoms with Gasteiger partial charge in [0.25, 0.3) is 5.56 Å². The first-order chi connectivity index (χ1) is 14.2. The van der Waals surface area contributed by atoms with Crippen LogP contribution in [0.15, 0.2) is 58.4 Å². The lowest BCUT2D eigenvalue weighted by Gasteiger charge is -2.07. The molecule has 0 saturated heterocycles. The Morgan fingerprint density at radius 3 is 2.52 bits per heavy atom. The maximum Gasteiger partial charge on any atom is 0.282 e. The van der Waals surface area contributed by atoms with Gasteiger partial charge in [0.2, 0.25) is 0 Å². The van der Waals surface area contributed by atoms with Crippen molar-refractivity contribution in [2.45, 2.75) is 52.4 Å². The van der Waals surface area contributed by atoms with Crippen LogP contribution in [0.25, 0.3) is 10.9 Å². The first-order valence-corrected chi connectivity index (χ1v) is 10.4. The molecule has 0 fully saturated rings. The molecule has 0 aliphatic heterocycles. The summed E-state index contributed by atoms with van der Waals surface area (Å²) < 4.78 is 7.15. The molecule has 0 unspecified atom stereocenters. The highest BCUT2D eigenvalue weighted by Crippen LogP contribution is 2.13. The number of rotatable bonds is 10. The molecule has 29 heavy (non-hydrogen) atoms. The van der Waals surface area contributed by atoms with Gasteiger partial charge in [-0.15, -0.1) is 0 Å². The van der Waals surface area contributed by atoms with Gasteiger partial charge in [0.05, 0.1) is 23.7 Å². The first kappa shape index (κ1) is 20.8. The van der Waals surface area contributed by atoms with Gasteiger partial charge in [0.1, 0.15) is 11.6 Å². The average Bonchev–Trinajstić information content (AvgIpc) is 2.74. The molecule has 0 aliphatic carbocycles. The van der Waals surface area contributed by atoms with Gasteiger partial charge in [-0.3, -0.25) is 4.79 Å². The molecule has 0 N–H and O–H groups in total. The predicted molar refractivity (Wildman–Crippen MR) is 119 cm³/mol. The SMILES string of the molecule is CCCCCCCCOc1ccc(C=Nn2c(C)nc3ccccc3c2=O)cc1. The lowest BCUT2D eigenvalue weighted by molar-refractivity contribution is 0.304. The summed E-state index contributed by atoms with van der Waals surface area (Å²) in [5, 5.41) is 4.91. The van der Waals surface area contributed by atoms with Crippen LogP contribution in [0.5, 0.6) is 5.75 Å². The molecule has 5 nitrogen and oxygen atoms in total.